The molecule has 5 rings (SSSR count). The lowest BCUT2D eigenvalue weighted by Crippen LogP contribution is -2.30. The second-order valence-corrected chi connectivity index (χ2v) is 8.39. The Balaban J connectivity index is 1.29. The molecule has 0 saturated heterocycles. The summed E-state index contributed by atoms with van der Waals surface area (Å²) in [5.41, 5.74) is 6.47. The Kier molecular flexibility index (Phi) is 5.31. The lowest BCUT2D eigenvalue weighted by molar-refractivity contribution is 0.0781. The molecule has 32 heavy (non-hydrogen) atoms. The second-order valence-electron chi connectivity index (χ2n) is 8.39. The van der Waals surface area contributed by atoms with Gasteiger partial charge >= 0.3 is 0 Å². The minimum absolute atomic E-state index is 0.0325. The number of hydrogen-bond acceptors (Lipinski definition) is 4. The quantitative estimate of drug-likeness (QED) is 0.475. The minimum Gasteiger partial charge on any atom is -0.367 e. The zero-order chi connectivity index (χ0) is 22.1. The van der Waals surface area contributed by atoms with Crippen LogP contribution in [0.4, 0.5) is 5.69 Å². The molecule has 0 aliphatic carbocycles. The van der Waals surface area contributed by atoms with Gasteiger partial charge in [-0.2, -0.15) is 0 Å². The number of carbonyl (C=O) groups excluding carboxylic acids is 1. The Hall–Kier alpha value is -3.73. The predicted molar refractivity (Wildman–Crippen MR) is 128 cm³/mol. The van der Waals surface area contributed by atoms with Crippen LogP contribution in [0, 0.1) is 6.92 Å². The summed E-state index contributed by atoms with van der Waals surface area (Å²) < 4.78 is 0. The molecule has 4 aromatic rings. The van der Waals surface area contributed by atoms with Crippen molar-refractivity contribution in [3.63, 3.8) is 0 Å². The highest BCUT2D eigenvalue weighted by molar-refractivity contribution is 5.94. The Morgan fingerprint density at radius 3 is 2.47 bits per heavy atom. The molecular weight excluding hydrogens is 396 g/mol. The van der Waals surface area contributed by atoms with Gasteiger partial charge in [0.15, 0.2) is 0 Å². The maximum Gasteiger partial charge on any atom is 0.254 e. The van der Waals surface area contributed by atoms with Gasteiger partial charge in [0.2, 0.25) is 0 Å². The van der Waals surface area contributed by atoms with Crippen molar-refractivity contribution in [1.29, 1.82) is 0 Å². The van der Waals surface area contributed by atoms with Gasteiger partial charge in [-0.15, -0.1) is 0 Å². The van der Waals surface area contributed by atoms with Crippen LogP contribution in [0.15, 0.2) is 72.8 Å². The second kappa shape index (κ2) is 8.42. The first kappa shape index (κ1) is 20.2. The lowest BCUT2D eigenvalue weighted by atomic mass is 9.99. The molecule has 0 spiro atoms. The molecule has 0 saturated carbocycles. The van der Waals surface area contributed by atoms with Crippen molar-refractivity contribution < 1.29 is 4.79 Å². The molecule has 0 bridgehead atoms. The van der Waals surface area contributed by atoms with E-state index in [-0.39, 0.29) is 5.91 Å². The third-order valence-electron chi connectivity index (χ3n) is 6.18. The number of amides is 1. The highest BCUT2D eigenvalue weighted by Crippen LogP contribution is 2.25. The molecule has 1 aliphatic heterocycles. The summed E-state index contributed by atoms with van der Waals surface area (Å²) in [5.74, 6) is 0.621. The zero-order valence-electron chi connectivity index (χ0n) is 18.5. The number of nitrogens with zero attached hydrogens (tertiary/aromatic N) is 4. The van der Waals surface area contributed by atoms with Crippen LogP contribution in [-0.4, -0.2) is 34.4 Å². The van der Waals surface area contributed by atoms with Gasteiger partial charge in [0.05, 0.1) is 12.1 Å². The van der Waals surface area contributed by atoms with Crippen molar-refractivity contribution in [2.24, 2.45) is 0 Å². The van der Waals surface area contributed by atoms with E-state index in [0.29, 0.717) is 17.9 Å². The standard InChI is InChI=1S/C27H26N4O/c1-19-24-9-5-6-10-25(24)29-26(28-19)18-30(2)27(32)21-11-13-23(14-12-21)31-16-15-20-7-3-4-8-22(20)17-31/h3-14H,15-18H2,1-2H3. The summed E-state index contributed by atoms with van der Waals surface area (Å²) in [5, 5.41) is 1.04. The summed E-state index contributed by atoms with van der Waals surface area (Å²) in [7, 11) is 1.80. The van der Waals surface area contributed by atoms with Gasteiger partial charge < -0.3 is 9.80 Å². The highest BCUT2D eigenvalue weighted by atomic mass is 16.2. The smallest absolute Gasteiger partial charge is 0.254 e. The van der Waals surface area contributed by atoms with Gasteiger partial charge in [-0.05, 0) is 54.8 Å². The maximum absolute atomic E-state index is 13.0. The highest BCUT2D eigenvalue weighted by Gasteiger charge is 2.18. The van der Waals surface area contributed by atoms with Gasteiger partial charge in [0, 0.05) is 42.5 Å². The van der Waals surface area contributed by atoms with E-state index in [1.807, 2.05) is 55.5 Å². The molecule has 5 nitrogen and oxygen atoms in total. The molecule has 3 aromatic carbocycles. The minimum atomic E-state index is -0.0325. The van der Waals surface area contributed by atoms with Crippen LogP contribution < -0.4 is 4.90 Å². The molecule has 0 atom stereocenters. The fourth-order valence-electron chi connectivity index (χ4n) is 4.40. The van der Waals surface area contributed by atoms with E-state index < -0.39 is 0 Å². The summed E-state index contributed by atoms with van der Waals surface area (Å²) >= 11 is 0. The fourth-order valence-corrected chi connectivity index (χ4v) is 4.40. The number of rotatable bonds is 4. The molecule has 1 amide bonds. The third-order valence-corrected chi connectivity index (χ3v) is 6.18. The molecule has 0 fully saturated rings. The number of aromatic nitrogens is 2. The van der Waals surface area contributed by atoms with Crippen LogP contribution >= 0.6 is 0 Å². The van der Waals surface area contributed by atoms with Gasteiger partial charge in [0.25, 0.3) is 5.91 Å². The molecule has 5 heteroatoms. The van der Waals surface area contributed by atoms with E-state index in [1.165, 1.54) is 11.1 Å². The van der Waals surface area contributed by atoms with Gasteiger partial charge in [-0.1, -0.05) is 42.5 Å². The van der Waals surface area contributed by atoms with Crippen molar-refractivity contribution >= 4 is 22.5 Å². The van der Waals surface area contributed by atoms with Crippen LogP contribution in [0.1, 0.15) is 33.0 Å². The van der Waals surface area contributed by atoms with E-state index in [9.17, 15) is 4.79 Å². The number of aryl methyl sites for hydroxylation is 1. The monoisotopic (exact) mass is 422 g/mol. The van der Waals surface area contributed by atoms with E-state index in [0.717, 1.165) is 41.8 Å². The molecule has 160 valence electrons. The number of para-hydroxylation sites is 1. The van der Waals surface area contributed by atoms with E-state index in [2.05, 4.69) is 39.1 Å². The fraction of sp³-hybridized carbons (Fsp3) is 0.222. The van der Waals surface area contributed by atoms with Crippen LogP contribution in [-0.2, 0) is 19.5 Å². The summed E-state index contributed by atoms with van der Waals surface area (Å²) in [4.78, 5) is 26.3. The SMILES string of the molecule is Cc1nc(CN(C)C(=O)c2ccc(N3CCc4ccccc4C3)cc2)nc2ccccc12. The van der Waals surface area contributed by atoms with Crippen LogP contribution in [0.25, 0.3) is 10.9 Å². The first-order chi connectivity index (χ1) is 15.6. The summed E-state index contributed by atoms with van der Waals surface area (Å²) in [6.45, 7) is 4.24. The predicted octanol–water partition coefficient (Wildman–Crippen LogP) is 4.77. The molecule has 0 unspecified atom stereocenters. The summed E-state index contributed by atoms with van der Waals surface area (Å²) in [6.07, 6.45) is 1.05. The average Bonchev–Trinajstić information content (AvgIpc) is 2.83. The van der Waals surface area contributed by atoms with E-state index in [4.69, 9.17) is 0 Å². The average molecular weight is 423 g/mol. The molecule has 0 radical (unpaired) electrons. The molecule has 1 aliphatic rings. The normalized spacial score (nSPS) is 13.1. The van der Waals surface area contributed by atoms with E-state index in [1.54, 1.807) is 11.9 Å². The number of hydrogen-bond donors (Lipinski definition) is 0. The van der Waals surface area contributed by atoms with Crippen LogP contribution in [0.2, 0.25) is 0 Å². The van der Waals surface area contributed by atoms with Crippen molar-refractivity contribution in [2.75, 3.05) is 18.5 Å². The lowest BCUT2D eigenvalue weighted by Gasteiger charge is -2.30. The Bertz CT molecular complexity index is 1280. The Morgan fingerprint density at radius 1 is 0.938 bits per heavy atom. The maximum atomic E-state index is 13.0. The van der Waals surface area contributed by atoms with Crippen molar-refractivity contribution in [1.82, 2.24) is 14.9 Å². The largest absolute Gasteiger partial charge is 0.367 e. The van der Waals surface area contributed by atoms with Crippen LogP contribution in [0.3, 0.4) is 0 Å². The Labute approximate surface area is 188 Å². The molecule has 2 heterocycles. The van der Waals surface area contributed by atoms with Gasteiger partial charge in [-0.3, -0.25) is 4.79 Å². The van der Waals surface area contributed by atoms with Crippen molar-refractivity contribution in [3.8, 4) is 0 Å². The number of anilines is 1. The van der Waals surface area contributed by atoms with Crippen molar-refractivity contribution in [2.45, 2.75) is 26.4 Å². The van der Waals surface area contributed by atoms with Crippen molar-refractivity contribution in [3.05, 3.63) is 101 Å². The molecular formula is C27H26N4O. The van der Waals surface area contributed by atoms with Crippen LogP contribution in [0.5, 0.6) is 0 Å². The van der Waals surface area contributed by atoms with Gasteiger partial charge in [0.1, 0.15) is 5.82 Å². The third kappa shape index (κ3) is 3.94. The first-order valence-corrected chi connectivity index (χ1v) is 11.0. The number of fused-ring (bicyclic) bond motifs is 2. The Morgan fingerprint density at radius 2 is 1.66 bits per heavy atom. The molecule has 1 aromatic heterocycles. The summed E-state index contributed by atoms with van der Waals surface area (Å²) in [6, 6.07) is 24.5. The number of carbonyl (C=O) groups is 1. The van der Waals surface area contributed by atoms with E-state index >= 15 is 0 Å². The zero-order valence-corrected chi connectivity index (χ0v) is 18.5. The number of benzene rings is 3. The van der Waals surface area contributed by atoms with Gasteiger partial charge in [-0.25, -0.2) is 9.97 Å². The topological polar surface area (TPSA) is 49.3 Å². The first-order valence-electron chi connectivity index (χ1n) is 11.0. The molecule has 0 N–H and O–H groups in total.